The summed E-state index contributed by atoms with van der Waals surface area (Å²) in [6.07, 6.45) is 0.950. The minimum Gasteiger partial charge on any atom is -0.393 e. The topological polar surface area (TPSA) is 128 Å². The number of nitrogens with zero attached hydrogens (tertiary/aromatic N) is 3. The van der Waals surface area contributed by atoms with Crippen LogP contribution in [0.25, 0.3) is 11.2 Å². The van der Waals surface area contributed by atoms with E-state index in [0.717, 1.165) is 0 Å². The summed E-state index contributed by atoms with van der Waals surface area (Å²) in [5.74, 6) is -0.00908. The Morgan fingerprint density at radius 1 is 1.64 bits per heavy atom. The number of anilines is 1. The van der Waals surface area contributed by atoms with Crippen LogP contribution in [-0.2, 0) is 9.47 Å². The van der Waals surface area contributed by atoms with Crippen molar-refractivity contribution in [1.82, 2.24) is 19.5 Å². The van der Waals surface area contributed by atoms with Gasteiger partial charge in [0.25, 0.3) is 5.56 Å². The van der Waals surface area contributed by atoms with Crippen LogP contribution in [0.1, 0.15) is 20.1 Å². The summed E-state index contributed by atoms with van der Waals surface area (Å²) in [5, 5.41) is 9.72. The monoisotopic (exact) mass is 307 g/mol. The zero-order valence-corrected chi connectivity index (χ0v) is 12.2. The molecule has 118 valence electrons. The molecule has 2 aromatic heterocycles. The van der Waals surface area contributed by atoms with Crippen LogP contribution in [0, 0.1) is 5.92 Å². The first-order chi connectivity index (χ1) is 10.4. The number of aromatic nitrogens is 4. The molecule has 0 spiro atoms. The first kappa shape index (κ1) is 13.7. The van der Waals surface area contributed by atoms with Gasteiger partial charge < -0.3 is 20.3 Å². The molecule has 2 aromatic rings. The predicted octanol–water partition coefficient (Wildman–Crippen LogP) is -0.613. The van der Waals surface area contributed by atoms with E-state index >= 15 is 0 Å². The molecule has 4 N–H and O–H groups in total. The van der Waals surface area contributed by atoms with Gasteiger partial charge in [-0.2, -0.15) is 4.98 Å². The number of rotatable bonds is 2. The Bertz CT molecular complexity index is 816. The molecular formula is C13H17N5O4. The van der Waals surface area contributed by atoms with Gasteiger partial charge in [0.1, 0.15) is 11.2 Å². The number of H-pyrrole nitrogens is 1. The fourth-order valence-electron chi connectivity index (χ4n) is 3.48. The van der Waals surface area contributed by atoms with Crippen molar-refractivity contribution in [3.8, 4) is 0 Å². The zero-order chi connectivity index (χ0) is 15.7. The number of nitrogens with one attached hydrogen (secondary N) is 1. The van der Waals surface area contributed by atoms with Crippen molar-refractivity contribution in [3.05, 3.63) is 16.7 Å². The normalized spacial score (nSPS) is 37.2. The van der Waals surface area contributed by atoms with Gasteiger partial charge in [-0.3, -0.25) is 14.3 Å². The van der Waals surface area contributed by atoms with Crippen LogP contribution in [0.15, 0.2) is 11.1 Å². The maximum atomic E-state index is 11.9. The second kappa shape index (κ2) is 4.06. The molecule has 0 radical (unpaired) electrons. The summed E-state index contributed by atoms with van der Waals surface area (Å²) in [6.45, 7) is 4.11. The van der Waals surface area contributed by atoms with E-state index in [1.807, 2.05) is 13.8 Å². The van der Waals surface area contributed by atoms with Gasteiger partial charge in [0.15, 0.2) is 17.4 Å². The highest BCUT2D eigenvalue weighted by atomic mass is 16.6. The molecular weight excluding hydrogens is 290 g/mol. The number of aromatic amines is 1. The number of aliphatic hydroxyl groups excluding tert-OH is 1. The zero-order valence-electron chi connectivity index (χ0n) is 12.2. The lowest BCUT2D eigenvalue weighted by atomic mass is 9.83. The molecule has 4 atom stereocenters. The largest absolute Gasteiger partial charge is 0.393 e. The maximum Gasteiger partial charge on any atom is 0.280 e. The fourth-order valence-corrected chi connectivity index (χ4v) is 3.48. The summed E-state index contributed by atoms with van der Waals surface area (Å²) in [6, 6.07) is 0. The summed E-state index contributed by atoms with van der Waals surface area (Å²) < 4.78 is 13.7. The second-order valence-corrected chi connectivity index (χ2v) is 6.16. The van der Waals surface area contributed by atoms with Crippen LogP contribution in [0.5, 0.6) is 0 Å². The van der Waals surface area contributed by atoms with Crippen molar-refractivity contribution >= 4 is 17.1 Å². The van der Waals surface area contributed by atoms with Crippen LogP contribution in [0.2, 0.25) is 0 Å². The molecule has 22 heavy (non-hydrogen) atoms. The van der Waals surface area contributed by atoms with E-state index in [4.69, 9.17) is 15.2 Å². The molecule has 9 nitrogen and oxygen atoms in total. The number of nitrogens with two attached hydrogens (primary N) is 1. The van der Waals surface area contributed by atoms with Crippen molar-refractivity contribution in [2.45, 2.75) is 31.3 Å². The molecule has 2 fully saturated rings. The third-order valence-electron chi connectivity index (χ3n) is 5.08. The summed E-state index contributed by atoms with van der Waals surface area (Å²) in [4.78, 5) is 22.5. The van der Waals surface area contributed by atoms with E-state index in [-0.39, 0.29) is 24.0 Å². The Hall–Kier alpha value is -1.97. The average Bonchev–Trinajstić information content (AvgIpc) is 3.07. The van der Waals surface area contributed by atoms with Crippen LogP contribution in [0.3, 0.4) is 0 Å². The van der Waals surface area contributed by atoms with Crippen molar-refractivity contribution in [2.75, 3.05) is 18.9 Å². The Balaban J connectivity index is 1.89. The smallest absolute Gasteiger partial charge is 0.280 e. The number of hydrogen-bond acceptors (Lipinski definition) is 7. The van der Waals surface area contributed by atoms with Crippen molar-refractivity contribution in [3.63, 3.8) is 0 Å². The van der Waals surface area contributed by atoms with E-state index < -0.39 is 23.0 Å². The van der Waals surface area contributed by atoms with E-state index in [2.05, 4.69) is 15.0 Å². The number of nitrogen functional groups attached to an aromatic ring is 1. The lowest BCUT2D eigenvalue weighted by Crippen LogP contribution is -2.41. The molecule has 9 heteroatoms. The highest BCUT2D eigenvalue weighted by Crippen LogP contribution is 2.56. The van der Waals surface area contributed by atoms with Gasteiger partial charge in [-0.1, -0.05) is 6.92 Å². The Morgan fingerprint density at radius 3 is 3.09 bits per heavy atom. The van der Waals surface area contributed by atoms with Gasteiger partial charge >= 0.3 is 0 Å². The number of fused-ring (bicyclic) bond motifs is 3. The molecule has 2 aliphatic heterocycles. The highest BCUT2D eigenvalue weighted by molar-refractivity contribution is 5.70. The predicted molar refractivity (Wildman–Crippen MR) is 76.0 cm³/mol. The standard InChI is InChI=1S/C13H17N5O4/c1-6-12(2)10(22-13(6,3-19)4-21-12)18-5-15-7-8(18)16-11(14)17-9(7)20/h5-6,10,19H,3-4H2,1-2H3,(H3,14,16,17,20)/t6-,10+,12+,13-/m0/s1. The van der Waals surface area contributed by atoms with Gasteiger partial charge in [0.05, 0.1) is 19.5 Å². The molecule has 0 aliphatic carbocycles. The van der Waals surface area contributed by atoms with Crippen LogP contribution in [0.4, 0.5) is 5.95 Å². The van der Waals surface area contributed by atoms with Crippen molar-refractivity contribution in [1.29, 1.82) is 0 Å². The average molecular weight is 307 g/mol. The lowest BCUT2D eigenvalue weighted by molar-refractivity contribution is -0.211. The van der Waals surface area contributed by atoms with Crippen LogP contribution >= 0.6 is 0 Å². The number of ether oxygens (including phenoxy) is 2. The Morgan fingerprint density at radius 2 is 2.41 bits per heavy atom. The summed E-state index contributed by atoms with van der Waals surface area (Å²) in [5.41, 5.74) is 4.35. The first-order valence-corrected chi connectivity index (χ1v) is 7.06. The molecule has 0 amide bonds. The third-order valence-corrected chi connectivity index (χ3v) is 5.08. The Labute approximate surface area is 125 Å². The van der Waals surface area contributed by atoms with Gasteiger partial charge in [0.2, 0.25) is 5.95 Å². The molecule has 0 saturated carbocycles. The number of aliphatic hydroxyl groups is 1. The minimum atomic E-state index is -0.747. The van der Waals surface area contributed by atoms with E-state index in [0.29, 0.717) is 12.3 Å². The highest BCUT2D eigenvalue weighted by Gasteiger charge is 2.66. The van der Waals surface area contributed by atoms with E-state index in [1.54, 1.807) is 4.57 Å². The second-order valence-electron chi connectivity index (χ2n) is 6.16. The minimum absolute atomic E-state index is 0.0124. The van der Waals surface area contributed by atoms with E-state index in [9.17, 15) is 9.90 Å². The van der Waals surface area contributed by atoms with Gasteiger partial charge in [-0.25, -0.2) is 4.98 Å². The van der Waals surface area contributed by atoms with Crippen LogP contribution < -0.4 is 11.3 Å². The van der Waals surface area contributed by atoms with E-state index in [1.165, 1.54) is 6.33 Å². The first-order valence-electron chi connectivity index (χ1n) is 7.06. The number of imidazole rings is 1. The number of hydrogen-bond donors (Lipinski definition) is 3. The SMILES string of the molecule is C[C@@H]1[C@]2(CO)CO[C@@]1(C)[C@H](n1cnc3c(=O)[nH]c(N)nc31)O2. The van der Waals surface area contributed by atoms with Crippen molar-refractivity contribution < 1.29 is 14.6 Å². The molecule has 0 aromatic carbocycles. The van der Waals surface area contributed by atoms with Gasteiger partial charge in [-0.05, 0) is 6.92 Å². The lowest BCUT2D eigenvalue weighted by Gasteiger charge is -2.34. The fraction of sp³-hybridized carbons (Fsp3) is 0.615. The van der Waals surface area contributed by atoms with Gasteiger partial charge in [0, 0.05) is 5.92 Å². The summed E-state index contributed by atoms with van der Waals surface area (Å²) >= 11 is 0. The van der Waals surface area contributed by atoms with Gasteiger partial charge in [-0.15, -0.1) is 0 Å². The Kier molecular flexibility index (Phi) is 2.52. The molecule has 2 saturated heterocycles. The summed E-state index contributed by atoms with van der Waals surface area (Å²) in [7, 11) is 0. The third kappa shape index (κ3) is 1.45. The maximum absolute atomic E-state index is 11.9. The van der Waals surface area contributed by atoms with Crippen LogP contribution in [-0.4, -0.2) is 49.0 Å². The van der Waals surface area contributed by atoms with Crippen molar-refractivity contribution in [2.24, 2.45) is 5.92 Å². The molecule has 4 rings (SSSR count). The molecule has 2 bridgehead atoms. The molecule has 2 aliphatic rings. The quantitative estimate of drug-likeness (QED) is 0.675. The molecule has 0 unspecified atom stereocenters. The molecule has 4 heterocycles.